The van der Waals surface area contributed by atoms with Gasteiger partial charge in [-0.05, 0) is 42.0 Å². The number of benzene rings is 3. The van der Waals surface area contributed by atoms with Gasteiger partial charge in [-0.1, -0.05) is 42.5 Å². The molecular weight excluding hydrogens is 354 g/mol. The van der Waals surface area contributed by atoms with Crippen molar-refractivity contribution in [2.45, 2.75) is 6.61 Å². The smallest absolute Gasteiger partial charge is 0.340 e. The van der Waals surface area contributed by atoms with E-state index in [0.717, 1.165) is 5.56 Å². The number of hydrogen-bond donors (Lipinski definition) is 1. The van der Waals surface area contributed by atoms with Gasteiger partial charge in [-0.15, -0.1) is 0 Å². The first kappa shape index (κ1) is 19.2. The van der Waals surface area contributed by atoms with Crippen LogP contribution in [0.1, 0.15) is 26.3 Å². The molecule has 3 aromatic carbocycles. The Morgan fingerprint density at radius 3 is 2.25 bits per heavy atom. The van der Waals surface area contributed by atoms with Gasteiger partial charge in [0, 0.05) is 18.3 Å². The predicted octanol–water partition coefficient (Wildman–Crippen LogP) is 4.35. The minimum absolute atomic E-state index is 0.273. The summed E-state index contributed by atoms with van der Waals surface area (Å²) < 4.78 is 10.9. The molecule has 5 heteroatoms. The number of ether oxygens (including phenoxy) is 2. The molecule has 28 heavy (non-hydrogen) atoms. The Labute approximate surface area is 163 Å². The van der Waals surface area contributed by atoms with Gasteiger partial charge in [0.15, 0.2) is 12.4 Å². The molecule has 3 aromatic rings. The van der Waals surface area contributed by atoms with Crippen LogP contribution in [0.3, 0.4) is 0 Å². The molecule has 0 unspecified atom stereocenters. The van der Waals surface area contributed by atoms with Gasteiger partial charge in [-0.2, -0.15) is 0 Å². The molecule has 0 bridgehead atoms. The molecule has 0 spiro atoms. The van der Waals surface area contributed by atoms with Gasteiger partial charge >= 0.3 is 5.97 Å². The first-order valence-corrected chi connectivity index (χ1v) is 8.91. The summed E-state index contributed by atoms with van der Waals surface area (Å²) in [6, 6.07) is 23.6. The van der Waals surface area contributed by atoms with Crippen LogP contribution < -0.4 is 10.1 Å². The summed E-state index contributed by atoms with van der Waals surface area (Å²) in [6.45, 7) is 0.137. The van der Waals surface area contributed by atoms with Crippen LogP contribution in [0.25, 0.3) is 0 Å². The van der Waals surface area contributed by atoms with Crippen LogP contribution in [0.15, 0.2) is 78.9 Å². The quantitative estimate of drug-likeness (QED) is 0.468. The van der Waals surface area contributed by atoms with E-state index in [1.165, 1.54) is 0 Å². The highest BCUT2D eigenvalue weighted by Crippen LogP contribution is 2.17. The lowest BCUT2D eigenvalue weighted by atomic mass is 10.1. The first-order chi connectivity index (χ1) is 13.7. The van der Waals surface area contributed by atoms with E-state index in [4.69, 9.17) is 9.47 Å². The normalized spacial score (nSPS) is 10.2. The number of carbonyl (C=O) groups excluding carboxylic acids is 2. The molecular formula is C23H21NO4. The van der Waals surface area contributed by atoms with Gasteiger partial charge in [0.2, 0.25) is 0 Å². The maximum Gasteiger partial charge on any atom is 0.340 e. The van der Waals surface area contributed by atoms with E-state index in [1.54, 1.807) is 49.5 Å². The van der Waals surface area contributed by atoms with Crippen molar-refractivity contribution in [3.05, 3.63) is 95.6 Å². The highest BCUT2D eigenvalue weighted by molar-refractivity contribution is 6.00. The van der Waals surface area contributed by atoms with Gasteiger partial charge < -0.3 is 14.8 Å². The Morgan fingerprint density at radius 1 is 0.857 bits per heavy atom. The largest absolute Gasteiger partial charge is 0.489 e. The summed E-state index contributed by atoms with van der Waals surface area (Å²) in [4.78, 5) is 24.5. The van der Waals surface area contributed by atoms with Crippen molar-refractivity contribution in [3.8, 4) is 5.75 Å². The molecule has 0 saturated carbocycles. The van der Waals surface area contributed by atoms with Crippen molar-refractivity contribution < 1.29 is 19.1 Å². The third-order valence-electron chi connectivity index (χ3n) is 4.18. The van der Waals surface area contributed by atoms with Crippen LogP contribution in [-0.2, 0) is 11.3 Å². The number of Topliss-reactive ketones (excluding diaryl/α,β-unsaturated/α-hetero) is 1. The zero-order valence-electron chi connectivity index (χ0n) is 15.6. The third kappa shape index (κ3) is 4.98. The standard InChI is InChI=1S/C23H21NO4/c1-24-21-10-6-5-9-20(21)23(26)28-16-22(25)18-11-13-19(14-12-18)27-15-17-7-3-2-4-8-17/h2-14,24H,15-16H2,1H3. The Kier molecular flexibility index (Phi) is 6.41. The summed E-state index contributed by atoms with van der Waals surface area (Å²) in [6.07, 6.45) is 0. The van der Waals surface area contributed by atoms with Crippen LogP contribution in [0, 0.1) is 0 Å². The molecule has 0 aliphatic rings. The monoisotopic (exact) mass is 375 g/mol. The van der Waals surface area contributed by atoms with Crippen molar-refractivity contribution in [2.24, 2.45) is 0 Å². The van der Waals surface area contributed by atoms with Crippen molar-refractivity contribution in [3.63, 3.8) is 0 Å². The lowest BCUT2D eigenvalue weighted by molar-refractivity contribution is 0.0475. The molecule has 0 aliphatic carbocycles. The summed E-state index contributed by atoms with van der Waals surface area (Å²) in [7, 11) is 1.72. The fourth-order valence-electron chi connectivity index (χ4n) is 2.65. The zero-order valence-corrected chi connectivity index (χ0v) is 15.6. The van der Waals surface area contributed by atoms with E-state index in [1.807, 2.05) is 36.4 Å². The number of hydrogen-bond acceptors (Lipinski definition) is 5. The molecule has 142 valence electrons. The Balaban J connectivity index is 1.53. The Bertz CT molecular complexity index is 936. The van der Waals surface area contributed by atoms with Crippen LogP contribution >= 0.6 is 0 Å². The highest BCUT2D eigenvalue weighted by atomic mass is 16.5. The van der Waals surface area contributed by atoms with Gasteiger partial charge in [-0.3, -0.25) is 4.79 Å². The number of nitrogens with one attached hydrogen (secondary N) is 1. The van der Waals surface area contributed by atoms with Crippen LogP contribution in [0.5, 0.6) is 5.75 Å². The molecule has 0 radical (unpaired) electrons. The maximum atomic E-state index is 12.3. The van der Waals surface area contributed by atoms with E-state index >= 15 is 0 Å². The summed E-state index contributed by atoms with van der Waals surface area (Å²) in [5.41, 5.74) is 2.57. The number of anilines is 1. The van der Waals surface area contributed by atoms with Crippen molar-refractivity contribution in [1.82, 2.24) is 0 Å². The fraction of sp³-hybridized carbons (Fsp3) is 0.130. The van der Waals surface area contributed by atoms with Crippen molar-refractivity contribution in [1.29, 1.82) is 0 Å². The molecule has 3 rings (SSSR count). The van der Waals surface area contributed by atoms with Gasteiger partial charge in [0.05, 0.1) is 5.56 Å². The molecule has 1 N–H and O–H groups in total. The topological polar surface area (TPSA) is 64.6 Å². The molecule has 5 nitrogen and oxygen atoms in total. The molecule has 0 fully saturated rings. The number of rotatable bonds is 8. The van der Waals surface area contributed by atoms with Crippen LogP contribution in [-0.4, -0.2) is 25.4 Å². The van der Waals surface area contributed by atoms with E-state index in [0.29, 0.717) is 29.2 Å². The maximum absolute atomic E-state index is 12.3. The predicted molar refractivity (Wildman–Crippen MR) is 108 cm³/mol. The Morgan fingerprint density at radius 2 is 1.54 bits per heavy atom. The first-order valence-electron chi connectivity index (χ1n) is 8.91. The molecule has 0 aromatic heterocycles. The molecule has 0 atom stereocenters. The van der Waals surface area contributed by atoms with Crippen molar-refractivity contribution in [2.75, 3.05) is 19.0 Å². The van der Waals surface area contributed by atoms with Crippen LogP contribution in [0.2, 0.25) is 0 Å². The average Bonchev–Trinajstić information content (AvgIpc) is 2.76. The minimum atomic E-state index is -0.541. The summed E-state index contributed by atoms with van der Waals surface area (Å²) in [5.74, 6) is -0.147. The lowest BCUT2D eigenvalue weighted by Gasteiger charge is -2.09. The average molecular weight is 375 g/mol. The second-order valence-corrected chi connectivity index (χ2v) is 6.09. The van der Waals surface area contributed by atoms with E-state index in [2.05, 4.69) is 5.32 Å². The van der Waals surface area contributed by atoms with E-state index in [9.17, 15) is 9.59 Å². The molecule has 0 amide bonds. The van der Waals surface area contributed by atoms with Crippen molar-refractivity contribution >= 4 is 17.4 Å². The summed E-state index contributed by atoms with van der Waals surface area (Å²) in [5, 5.41) is 2.93. The van der Waals surface area contributed by atoms with E-state index in [-0.39, 0.29) is 12.4 Å². The second-order valence-electron chi connectivity index (χ2n) is 6.09. The number of para-hydroxylation sites is 1. The van der Waals surface area contributed by atoms with Gasteiger partial charge in [0.25, 0.3) is 0 Å². The molecule has 0 heterocycles. The lowest BCUT2D eigenvalue weighted by Crippen LogP contribution is -2.15. The molecule has 0 aliphatic heterocycles. The highest BCUT2D eigenvalue weighted by Gasteiger charge is 2.14. The van der Waals surface area contributed by atoms with Gasteiger partial charge in [0.1, 0.15) is 12.4 Å². The zero-order chi connectivity index (χ0) is 19.8. The number of esters is 1. The second kappa shape index (κ2) is 9.37. The number of ketones is 1. The van der Waals surface area contributed by atoms with Gasteiger partial charge in [-0.25, -0.2) is 4.79 Å². The molecule has 0 saturated heterocycles. The fourth-order valence-corrected chi connectivity index (χ4v) is 2.65. The third-order valence-corrected chi connectivity index (χ3v) is 4.18. The Hall–Kier alpha value is -3.60. The summed E-state index contributed by atoms with van der Waals surface area (Å²) >= 11 is 0. The SMILES string of the molecule is CNc1ccccc1C(=O)OCC(=O)c1ccc(OCc2ccccc2)cc1. The minimum Gasteiger partial charge on any atom is -0.489 e. The number of carbonyl (C=O) groups is 2. The van der Waals surface area contributed by atoms with E-state index < -0.39 is 5.97 Å². The van der Waals surface area contributed by atoms with Crippen LogP contribution in [0.4, 0.5) is 5.69 Å².